The van der Waals surface area contributed by atoms with E-state index in [2.05, 4.69) is 25.5 Å². The highest BCUT2D eigenvalue weighted by molar-refractivity contribution is 7.22. The van der Waals surface area contributed by atoms with Gasteiger partial charge >= 0.3 is 12.0 Å². The third kappa shape index (κ3) is 7.32. The molecule has 1 saturated carbocycles. The maximum absolute atomic E-state index is 14.9. The predicted molar refractivity (Wildman–Crippen MR) is 162 cm³/mol. The first-order valence-electron chi connectivity index (χ1n) is 14.4. The molecule has 3 aromatic heterocycles. The Morgan fingerprint density at radius 1 is 1.05 bits per heavy atom. The topological polar surface area (TPSA) is 131 Å². The molecule has 0 spiro atoms. The molecule has 12 nitrogen and oxygen atoms in total. The molecule has 44 heavy (non-hydrogen) atoms. The molecule has 2 aliphatic rings. The molecule has 3 amide bonds. The minimum atomic E-state index is -0.593. The van der Waals surface area contributed by atoms with Crippen LogP contribution in [0.1, 0.15) is 19.8 Å². The van der Waals surface area contributed by atoms with Crippen LogP contribution in [0.4, 0.5) is 14.9 Å². The lowest BCUT2D eigenvalue weighted by Gasteiger charge is -2.34. The van der Waals surface area contributed by atoms with E-state index in [1.165, 1.54) is 30.4 Å². The largest absolute Gasteiger partial charge is 0.456 e. The molecule has 0 atom stereocenters. The lowest BCUT2D eigenvalue weighted by atomic mass is 10.3. The zero-order valence-corrected chi connectivity index (χ0v) is 24.9. The van der Waals surface area contributed by atoms with Gasteiger partial charge in [0.25, 0.3) is 5.91 Å². The fraction of sp³-hybridized carbons (Fsp3) is 0.367. The average Bonchev–Trinajstić information content (AvgIpc) is 3.50. The number of ether oxygens (including phenoxy) is 2. The van der Waals surface area contributed by atoms with Gasteiger partial charge in [-0.1, -0.05) is 0 Å². The van der Waals surface area contributed by atoms with Crippen molar-refractivity contribution in [3.8, 4) is 22.1 Å². The number of pyridine rings is 1. The zero-order chi connectivity index (χ0) is 30.6. The van der Waals surface area contributed by atoms with Crippen molar-refractivity contribution in [2.75, 3.05) is 44.6 Å². The molecule has 4 aromatic rings. The molecular formula is C30H32FN7O5S. The van der Waals surface area contributed by atoms with Crippen molar-refractivity contribution in [2.45, 2.75) is 32.4 Å². The summed E-state index contributed by atoms with van der Waals surface area (Å²) in [5.74, 6) is -0.707. The van der Waals surface area contributed by atoms with Gasteiger partial charge in [0.15, 0.2) is 18.2 Å². The molecule has 1 aliphatic carbocycles. The van der Waals surface area contributed by atoms with Crippen molar-refractivity contribution >= 4 is 45.1 Å². The van der Waals surface area contributed by atoms with E-state index < -0.39 is 11.8 Å². The third-order valence-electron chi connectivity index (χ3n) is 7.38. The summed E-state index contributed by atoms with van der Waals surface area (Å²) in [6, 6.07) is 7.81. The summed E-state index contributed by atoms with van der Waals surface area (Å²) in [5, 5.41) is 5.45. The van der Waals surface area contributed by atoms with Crippen molar-refractivity contribution < 1.29 is 28.2 Å². The summed E-state index contributed by atoms with van der Waals surface area (Å²) in [6.07, 6.45) is 7.32. The number of carbonyl (C=O) groups excluding carboxylic acids is 3. The number of aromatic nitrogens is 3. The van der Waals surface area contributed by atoms with Gasteiger partial charge in [0.1, 0.15) is 5.75 Å². The molecule has 0 unspecified atom stereocenters. The van der Waals surface area contributed by atoms with E-state index in [0.717, 1.165) is 54.3 Å². The van der Waals surface area contributed by atoms with E-state index in [0.29, 0.717) is 30.0 Å². The quantitative estimate of drug-likeness (QED) is 0.254. The number of urea groups is 1. The van der Waals surface area contributed by atoms with Gasteiger partial charge in [-0.3, -0.25) is 19.5 Å². The number of fused-ring (bicyclic) bond motifs is 1. The molecule has 6 rings (SSSR count). The molecule has 14 heteroatoms. The number of carbonyl (C=O) groups is 3. The van der Waals surface area contributed by atoms with E-state index in [1.54, 1.807) is 29.6 Å². The highest BCUT2D eigenvalue weighted by Gasteiger charge is 2.24. The molecule has 1 aromatic carbocycles. The Morgan fingerprint density at radius 3 is 2.61 bits per heavy atom. The number of esters is 1. The Hall–Kier alpha value is -4.56. The number of rotatable bonds is 10. The number of amides is 3. The zero-order valence-electron chi connectivity index (χ0n) is 24.1. The number of hydrogen-bond donors (Lipinski definition) is 2. The third-order valence-corrected chi connectivity index (χ3v) is 8.54. The predicted octanol–water partition coefficient (Wildman–Crippen LogP) is 4.08. The molecule has 1 aliphatic heterocycles. The monoisotopic (exact) mass is 621 g/mol. The number of piperazine rings is 1. The Kier molecular flexibility index (Phi) is 8.70. The van der Waals surface area contributed by atoms with Crippen molar-refractivity contribution in [1.29, 1.82) is 0 Å². The van der Waals surface area contributed by atoms with Gasteiger partial charge < -0.3 is 29.6 Å². The first-order valence-corrected chi connectivity index (χ1v) is 15.2. The van der Waals surface area contributed by atoms with E-state index in [-0.39, 0.29) is 30.3 Å². The second-order valence-electron chi connectivity index (χ2n) is 10.8. The van der Waals surface area contributed by atoms with Crippen LogP contribution in [-0.4, -0.2) is 87.6 Å². The van der Waals surface area contributed by atoms with Gasteiger partial charge in [-0.2, -0.15) is 0 Å². The van der Waals surface area contributed by atoms with E-state index in [9.17, 15) is 18.8 Å². The first-order chi connectivity index (χ1) is 21.3. The maximum atomic E-state index is 14.9. The van der Waals surface area contributed by atoms with E-state index in [4.69, 9.17) is 9.47 Å². The molecule has 230 valence electrons. The average molecular weight is 622 g/mol. The second kappa shape index (κ2) is 13.0. The van der Waals surface area contributed by atoms with Crippen LogP contribution in [0, 0.1) is 5.82 Å². The molecule has 2 fully saturated rings. The van der Waals surface area contributed by atoms with Crippen molar-refractivity contribution in [2.24, 2.45) is 0 Å². The Balaban J connectivity index is 1.05. The Labute approximate surface area is 256 Å². The molecule has 0 radical (unpaired) electrons. The lowest BCUT2D eigenvalue weighted by molar-refractivity contribution is -0.151. The van der Waals surface area contributed by atoms with Gasteiger partial charge in [-0.15, -0.1) is 11.3 Å². The number of nitrogens with one attached hydrogen (secondary N) is 2. The number of thiophene rings is 1. The molecule has 2 N–H and O–H groups in total. The van der Waals surface area contributed by atoms with Crippen LogP contribution in [0.2, 0.25) is 0 Å². The molecular weight excluding hydrogens is 589 g/mol. The van der Waals surface area contributed by atoms with Crippen LogP contribution in [0.15, 0.2) is 49.1 Å². The normalized spacial score (nSPS) is 15.3. The summed E-state index contributed by atoms with van der Waals surface area (Å²) < 4.78 is 28.5. The molecule has 4 heterocycles. The lowest BCUT2D eigenvalue weighted by Crippen LogP contribution is -2.50. The minimum absolute atomic E-state index is 0.0412. The Bertz CT molecular complexity index is 1680. The fourth-order valence-electron chi connectivity index (χ4n) is 4.82. The van der Waals surface area contributed by atoms with Gasteiger partial charge in [0, 0.05) is 82.4 Å². The number of imidazole rings is 1. The minimum Gasteiger partial charge on any atom is -0.456 e. The van der Waals surface area contributed by atoms with Gasteiger partial charge in [-0.25, -0.2) is 14.2 Å². The summed E-state index contributed by atoms with van der Waals surface area (Å²) in [6.45, 7) is 5.29. The van der Waals surface area contributed by atoms with Crippen molar-refractivity contribution in [3.05, 3.63) is 54.9 Å². The van der Waals surface area contributed by atoms with Crippen LogP contribution in [0.3, 0.4) is 0 Å². The van der Waals surface area contributed by atoms with E-state index >= 15 is 0 Å². The highest BCUT2D eigenvalue weighted by atomic mass is 32.1. The summed E-state index contributed by atoms with van der Waals surface area (Å²) in [7, 11) is 0. The number of nitrogens with zero attached hydrogens (tertiary/aromatic N) is 5. The number of benzene rings is 1. The first kappa shape index (κ1) is 29.5. The smallest absolute Gasteiger partial charge is 0.319 e. The van der Waals surface area contributed by atoms with Crippen LogP contribution < -0.4 is 15.4 Å². The van der Waals surface area contributed by atoms with Crippen LogP contribution in [0.25, 0.3) is 20.8 Å². The van der Waals surface area contributed by atoms with E-state index in [1.807, 2.05) is 16.8 Å². The standard InChI is InChI=1S/C30H32FN7O5S/c1-19(39)42-17-28(40)38-12-10-36(11-13-38)8-9-37-16-24(33-18-37)27-15-23-29(44-27)26(6-7-32-23)43-25-5-4-21(14-22(25)31)35-30(41)34-20-2-3-20/h4-7,14-16,18,20H,2-3,8-13,17H2,1H3,(H2,34,35,41). The summed E-state index contributed by atoms with van der Waals surface area (Å²) in [4.78, 5) is 49.1. The number of anilines is 1. The number of halogens is 1. The summed E-state index contributed by atoms with van der Waals surface area (Å²) >= 11 is 1.46. The van der Waals surface area contributed by atoms with Gasteiger partial charge in [0.05, 0.1) is 27.1 Å². The summed E-state index contributed by atoms with van der Waals surface area (Å²) in [5.41, 5.74) is 1.86. The number of hydrogen-bond acceptors (Lipinski definition) is 9. The van der Waals surface area contributed by atoms with Crippen molar-refractivity contribution in [3.63, 3.8) is 0 Å². The van der Waals surface area contributed by atoms with Crippen molar-refractivity contribution in [1.82, 2.24) is 29.7 Å². The Morgan fingerprint density at radius 2 is 1.86 bits per heavy atom. The van der Waals surface area contributed by atoms with Crippen LogP contribution >= 0.6 is 11.3 Å². The molecule has 1 saturated heterocycles. The second-order valence-corrected chi connectivity index (χ2v) is 11.8. The highest BCUT2D eigenvalue weighted by Crippen LogP contribution is 2.39. The SMILES string of the molecule is CC(=O)OCC(=O)N1CCN(CCn2cnc(-c3cc4nccc(Oc5ccc(NC(=O)NC6CC6)cc5F)c4s3)c2)CC1. The van der Waals surface area contributed by atoms with Gasteiger partial charge in [0.2, 0.25) is 0 Å². The van der Waals surface area contributed by atoms with Crippen LogP contribution in [-0.2, 0) is 20.9 Å². The maximum Gasteiger partial charge on any atom is 0.319 e. The fourth-order valence-corrected chi connectivity index (χ4v) is 5.85. The van der Waals surface area contributed by atoms with Gasteiger partial charge in [-0.05, 0) is 31.0 Å². The van der Waals surface area contributed by atoms with Crippen LogP contribution in [0.5, 0.6) is 11.5 Å². The molecule has 0 bridgehead atoms.